The van der Waals surface area contributed by atoms with Gasteiger partial charge in [0.1, 0.15) is 0 Å². The first kappa shape index (κ1) is 14.0. The third-order valence-corrected chi connectivity index (χ3v) is 3.38. The summed E-state index contributed by atoms with van der Waals surface area (Å²) in [6.45, 7) is 5.02. The summed E-state index contributed by atoms with van der Waals surface area (Å²) >= 11 is 5.90. The highest BCUT2D eigenvalue weighted by molar-refractivity contribution is 6.31. The maximum absolute atomic E-state index is 12.3. The number of anilines is 1. The van der Waals surface area contributed by atoms with E-state index < -0.39 is 0 Å². The van der Waals surface area contributed by atoms with Crippen molar-refractivity contribution in [3.8, 4) is 0 Å². The summed E-state index contributed by atoms with van der Waals surface area (Å²) in [4.78, 5) is 25.5. The van der Waals surface area contributed by atoms with Crippen molar-refractivity contribution in [3.05, 3.63) is 29.3 Å². The molecular weight excluding hydrogens is 264 g/mol. The molecule has 102 valence electrons. The van der Waals surface area contributed by atoms with Crippen LogP contribution in [0.3, 0.4) is 0 Å². The minimum absolute atomic E-state index is 0.145. The van der Waals surface area contributed by atoms with Gasteiger partial charge in [-0.1, -0.05) is 31.5 Å². The number of halogens is 1. The van der Waals surface area contributed by atoms with Crippen molar-refractivity contribution in [3.63, 3.8) is 0 Å². The molecule has 1 aliphatic rings. The highest BCUT2D eigenvalue weighted by atomic mass is 35.5. The monoisotopic (exact) mass is 281 g/mol. The lowest BCUT2D eigenvalue weighted by Crippen LogP contribution is -2.92. The lowest BCUT2D eigenvalue weighted by atomic mass is 10.2. The topological polar surface area (TPSA) is 54.0 Å². The molecule has 1 heterocycles. The van der Waals surface area contributed by atoms with E-state index in [-0.39, 0.29) is 24.3 Å². The molecule has 19 heavy (non-hydrogen) atoms. The van der Waals surface area contributed by atoms with Gasteiger partial charge >= 0.3 is 0 Å². The number of carbonyl (C=O) groups excluding carboxylic acids is 2. The van der Waals surface area contributed by atoms with Gasteiger partial charge in [-0.3, -0.25) is 9.59 Å². The number of carbonyl (C=O) groups is 2. The molecule has 2 amide bonds. The molecule has 1 aromatic rings. The van der Waals surface area contributed by atoms with E-state index in [1.165, 1.54) is 4.90 Å². The summed E-state index contributed by atoms with van der Waals surface area (Å²) in [5.41, 5.74) is 0.558. The van der Waals surface area contributed by atoms with Crippen molar-refractivity contribution in [2.24, 2.45) is 5.92 Å². The minimum Gasteiger partial charge on any atom is -0.335 e. The second kappa shape index (κ2) is 5.72. The van der Waals surface area contributed by atoms with Crippen molar-refractivity contribution in [2.75, 3.05) is 11.4 Å². The molecule has 1 fully saturated rings. The maximum atomic E-state index is 12.3. The predicted octanol–water partition coefficient (Wildman–Crippen LogP) is 1.19. The van der Waals surface area contributed by atoms with Crippen LogP contribution in [0.1, 0.15) is 20.3 Å². The number of quaternary nitrogens is 1. The van der Waals surface area contributed by atoms with Crippen LogP contribution in [-0.2, 0) is 9.59 Å². The lowest BCUT2D eigenvalue weighted by molar-refractivity contribution is -0.679. The molecular formula is C14H18ClN2O2+. The van der Waals surface area contributed by atoms with E-state index in [0.717, 1.165) is 6.54 Å². The van der Waals surface area contributed by atoms with E-state index in [1.54, 1.807) is 24.3 Å². The van der Waals surface area contributed by atoms with Crippen molar-refractivity contribution in [2.45, 2.75) is 26.3 Å². The van der Waals surface area contributed by atoms with Crippen molar-refractivity contribution in [1.82, 2.24) is 0 Å². The van der Waals surface area contributed by atoms with Gasteiger partial charge in [-0.25, -0.2) is 4.90 Å². The Kier molecular flexibility index (Phi) is 4.22. The van der Waals surface area contributed by atoms with E-state index in [0.29, 0.717) is 16.6 Å². The van der Waals surface area contributed by atoms with Gasteiger partial charge < -0.3 is 5.32 Å². The van der Waals surface area contributed by atoms with Crippen LogP contribution < -0.4 is 10.2 Å². The summed E-state index contributed by atoms with van der Waals surface area (Å²) in [7, 11) is 0. The van der Waals surface area contributed by atoms with E-state index in [1.807, 2.05) is 5.32 Å². The smallest absolute Gasteiger partial charge is 0.292 e. The van der Waals surface area contributed by atoms with E-state index in [4.69, 9.17) is 11.6 Å². The molecule has 5 heteroatoms. The van der Waals surface area contributed by atoms with Crippen LogP contribution in [0.4, 0.5) is 5.69 Å². The molecule has 0 aliphatic carbocycles. The molecule has 0 radical (unpaired) electrons. The predicted molar refractivity (Wildman–Crippen MR) is 74.0 cm³/mol. The van der Waals surface area contributed by atoms with Gasteiger partial charge in [0.2, 0.25) is 5.91 Å². The third-order valence-electron chi connectivity index (χ3n) is 3.14. The van der Waals surface area contributed by atoms with E-state index in [9.17, 15) is 9.59 Å². The fourth-order valence-electron chi connectivity index (χ4n) is 2.16. The summed E-state index contributed by atoms with van der Waals surface area (Å²) in [5.74, 6) is 0.188. The van der Waals surface area contributed by atoms with Crippen LogP contribution in [0.5, 0.6) is 0 Å². The Hall–Kier alpha value is -1.39. The Morgan fingerprint density at radius 1 is 1.42 bits per heavy atom. The standard InChI is InChI=1S/C14H17ClN2O2/c1-9(2)8-16-12-7-13(18)17(14(12)19)11-5-3-4-10(15)6-11/h3-6,9,12,16H,7-8H2,1-2H3/p+1/t12-/m0/s1. The van der Waals surface area contributed by atoms with Crippen molar-refractivity contribution < 1.29 is 14.9 Å². The zero-order chi connectivity index (χ0) is 14.0. The molecule has 1 aliphatic heterocycles. The van der Waals surface area contributed by atoms with Crippen molar-refractivity contribution in [1.29, 1.82) is 0 Å². The van der Waals surface area contributed by atoms with Crippen LogP contribution >= 0.6 is 11.6 Å². The normalized spacial score (nSPS) is 19.6. The van der Waals surface area contributed by atoms with Gasteiger partial charge in [0.25, 0.3) is 5.91 Å². The molecule has 0 spiro atoms. The Labute approximate surface area is 117 Å². The summed E-state index contributed by atoms with van der Waals surface area (Å²) in [5, 5.41) is 2.47. The highest BCUT2D eigenvalue weighted by Crippen LogP contribution is 2.24. The molecule has 4 nitrogen and oxygen atoms in total. The lowest BCUT2D eigenvalue weighted by Gasteiger charge is -2.14. The first-order chi connectivity index (χ1) is 8.99. The fourth-order valence-corrected chi connectivity index (χ4v) is 2.35. The fraction of sp³-hybridized carbons (Fsp3) is 0.429. The molecule has 0 unspecified atom stereocenters. The Morgan fingerprint density at radius 3 is 2.79 bits per heavy atom. The average Bonchev–Trinajstić information content (AvgIpc) is 2.62. The van der Waals surface area contributed by atoms with E-state index in [2.05, 4.69) is 13.8 Å². The largest absolute Gasteiger partial charge is 0.335 e. The quantitative estimate of drug-likeness (QED) is 0.843. The molecule has 1 atom stereocenters. The SMILES string of the molecule is CC(C)C[NH2+][C@H]1CC(=O)N(c2cccc(Cl)c2)C1=O. The first-order valence-corrected chi connectivity index (χ1v) is 6.82. The zero-order valence-electron chi connectivity index (χ0n) is 11.1. The highest BCUT2D eigenvalue weighted by Gasteiger charge is 2.42. The van der Waals surface area contributed by atoms with Crippen LogP contribution in [-0.4, -0.2) is 24.4 Å². The van der Waals surface area contributed by atoms with Crippen LogP contribution in [0, 0.1) is 5.92 Å². The van der Waals surface area contributed by atoms with Crippen LogP contribution in [0.2, 0.25) is 5.02 Å². The third kappa shape index (κ3) is 3.14. The average molecular weight is 282 g/mol. The molecule has 0 bridgehead atoms. The zero-order valence-corrected chi connectivity index (χ0v) is 11.9. The molecule has 1 aromatic carbocycles. The van der Waals surface area contributed by atoms with Gasteiger partial charge in [-0.2, -0.15) is 0 Å². The molecule has 1 saturated heterocycles. The molecule has 0 aromatic heterocycles. The molecule has 2 rings (SSSR count). The Bertz CT molecular complexity index is 502. The number of hydrogen-bond donors (Lipinski definition) is 1. The van der Waals surface area contributed by atoms with Gasteiger partial charge in [0.15, 0.2) is 6.04 Å². The van der Waals surface area contributed by atoms with Gasteiger partial charge in [-0.05, 0) is 18.2 Å². The molecule has 0 saturated carbocycles. The second-order valence-electron chi connectivity index (χ2n) is 5.22. The number of benzene rings is 1. The van der Waals surface area contributed by atoms with Crippen LogP contribution in [0.15, 0.2) is 24.3 Å². The number of imide groups is 1. The van der Waals surface area contributed by atoms with E-state index >= 15 is 0 Å². The number of nitrogens with two attached hydrogens (primary N) is 1. The van der Waals surface area contributed by atoms with Crippen LogP contribution in [0.25, 0.3) is 0 Å². The number of nitrogens with zero attached hydrogens (tertiary/aromatic N) is 1. The number of rotatable bonds is 4. The molecule has 2 N–H and O–H groups in total. The van der Waals surface area contributed by atoms with Crippen molar-refractivity contribution >= 4 is 29.1 Å². The summed E-state index contributed by atoms with van der Waals surface area (Å²) in [6.07, 6.45) is 0.262. The minimum atomic E-state index is -0.297. The first-order valence-electron chi connectivity index (χ1n) is 6.44. The maximum Gasteiger partial charge on any atom is 0.292 e. The summed E-state index contributed by atoms with van der Waals surface area (Å²) in [6, 6.07) is 6.53. The number of hydrogen-bond acceptors (Lipinski definition) is 2. The Morgan fingerprint density at radius 2 is 2.16 bits per heavy atom. The Balaban J connectivity index is 2.14. The second-order valence-corrected chi connectivity index (χ2v) is 5.66. The van der Waals surface area contributed by atoms with Gasteiger partial charge in [0.05, 0.1) is 18.7 Å². The van der Waals surface area contributed by atoms with Gasteiger partial charge in [-0.15, -0.1) is 0 Å². The van der Waals surface area contributed by atoms with Gasteiger partial charge in [0, 0.05) is 10.9 Å². The number of amides is 2. The summed E-state index contributed by atoms with van der Waals surface area (Å²) < 4.78 is 0.